The number of nitrogens with two attached hydrogens (primary N) is 2. The molecule has 11 nitrogen and oxygen atoms in total. The lowest BCUT2D eigenvalue weighted by Crippen LogP contribution is -2.58. The molecule has 4 amide bonds. The van der Waals surface area contributed by atoms with Crippen molar-refractivity contribution >= 4 is 29.6 Å². The predicted octanol–water partition coefficient (Wildman–Crippen LogP) is -0.963. The molecule has 0 saturated carbocycles. The smallest absolute Gasteiger partial charge is 0.326 e. The van der Waals surface area contributed by atoms with Gasteiger partial charge in [0.25, 0.3) is 0 Å². The van der Waals surface area contributed by atoms with Crippen molar-refractivity contribution in [1.82, 2.24) is 16.0 Å². The van der Waals surface area contributed by atoms with Gasteiger partial charge in [-0.1, -0.05) is 44.2 Å². The maximum Gasteiger partial charge on any atom is 0.326 e. The molecule has 8 N–H and O–H groups in total. The maximum absolute atomic E-state index is 12.6. The van der Waals surface area contributed by atoms with E-state index in [1.807, 2.05) is 30.3 Å². The third-order valence-electron chi connectivity index (χ3n) is 4.93. The number of aliphatic carboxylic acids is 1. The minimum atomic E-state index is -1.34. The van der Waals surface area contributed by atoms with Crippen LogP contribution in [0.15, 0.2) is 30.3 Å². The monoisotopic (exact) mass is 463 g/mol. The van der Waals surface area contributed by atoms with Gasteiger partial charge in [0.1, 0.15) is 18.1 Å². The summed E-state index contributed by atoms with van der Waals surface area (Å²) in [6.07, 6.45) is -0.108. The zero-order valence-electron chi connectivity index (χ0n) is 19.0. The summed E-state index contributed by atoms with van der Waals surface area (Å²) in [6.45, 7) is 4.79. The second-order valence-electron chi connectivity index (χ2n) is 8.16. The van der Waals surface area contributed by atoms with Gasteiger partial charge in [0.15, 0.2) is 0 Å². The van der Waals surface area contributed by atoms with Gasteiger partial charge in [0.2, 0.25) is 23.6 Å². The largest absolute Gasteiger partial charge is 0.480 e. The summed E-state index contributed by atoms with van der Waals surface area (Å²) < 4.78 is 0. The lowest BCUT2D eigenvalue weighted by Gasteiger charge is -2.26. The van der Waals surface area contributed by atoms with Crippen molar-refractivity contribution in [3.8, 4) is 0 Å². The van der Waals surface area contributed by atoms with E-state index >= 15 is 0 Å². The van der Waals surface area contributed by atoms with Crippen LogP contribution in [-0.4, -0.2) is 58.9 Å². The fraction of sp³-hybridized carbons (Fsp3) is 0.500. The molecular formula is C22H33N5O6. The molecule has 182 valence electrons. The van der Waals surface area contributed by atoms with Gasteiger partial charge in [-0.2, -0.15) is 0 Å². The van der Waals surface area contributed by atoms with E-state index in [1.165, 1.54) is 6.92 Å². The van der Waals surface area contributed by atoms with E-state index in [-0.39, 0.29) is 18.8 Å². The minimum Gasteiger partial charge on any atom is -0.480 e. The SMILES string of the molecule is CC(NC(=O)C(N)Cc1ccccc1)C(=O)NC(C(=O)NC(CCC(N)=O)C(=O)O)C(C)C. The summed E-state index contributed by atoms with van der Waals surface area (Å²) in [5, 5.41) is 16.6. The molecular weight excluding hydrogens is 430 g/mol. The summed E-state index contributed by atoms with van der Waals surface area (Å²) in [5.74, 6) is -4.29. The number of carboxylic acids is 1. The number of rotatable bonds is 13. The third kappa shape index (κ3) is 9.69. The van der Waals surface area contributed by atoms with Crippen LogP contribution in [0.4, 0.5) is 0 Å². The Morgan fingerprint density at radius 2 is 1.52 bits per heavy atom. The molecule has 0 aliphatic carbocycles. The number of amides is 4. The first-order chi connectivity index (χ1) is 15.4. The van der Waals surface area contributed by atoms with Crippen molar-refractivity contribution in [3.63, 3.8) is 0 Å². The highest BCUT2D eigenvalue weighted by Crippen LogP contribution is 2.06. The molecule has 33 heavy (non-hydrogen) atoms. The maximum atomic E-state index is 12.6. The van der Waals surface area contributed by atoms with Gasteiger partial charge in [0.05, 0.1) is 6.04 Å². The predicted molar refractivity (Wildman–Crippen MR) is 120 cm³/mol. The first kappa shape index (κ1) is 27.6. The highest BCUT2D eigenvalue weighted by molar-refractivity contribution is 5.94. The van der Waals surface area contributed by atoms with Gasteiger partial charge < -0.3 is 32.5 Å². The molecule has 0 aromatic heterocycles. The molecule has 0 spiro atoms. The van der Waals surface area contributed by atoms with E-state index < -0.39 is 53.8 Å². The Balaban J connectivity index is 2.70. The second-order valence-corrected chi connectivity index (χ2v) is 8.16. The van der Waals surface area contributed by atoms with Crippen LogP contribution < -0.4 is 27.4 Å². The second kappa shape index (κ2) is 13.2. The lowest BCUT2D eigenvalue weighted by molar-refractivity contribution is -0.143. The molecule has 1 rings (SSSR count). The van der Waals surface area contributed by atoms with Crippen LogP contribution >= 0.6 is 0 Å². The van der Waals surface area contributed by atoms with Crippen molar-refractivity contribution in [2.24, 2.45) is 17.4 Å². The minimum absolute atomic E-state index is 0.180. The van der Waals surface area contributed by atoms with Crippen LogP contribution in [0.2, 0.25) is 0 Å². The van der Waals surface area contributed by atoms with Gasteiger partial charge >= 0.3 is 5.97 Å². The highest BCUT2D eigenvalue weighted by atomic mass is 16.4. The van der Waals surface area contributed by atoms with Crippen molar-refractivity contribution in [2.75, 3.05) is 0 Å². The van der Waals surface area contributed by atoms with E-state index in [0.29, 0.717) is 6.42 Å². The van der Waals surface area contributed by atoms with E-state index in [2.05, 4.69) is 16.0 Å². The number of hydrogen-bond donors (Lipinski definition) is 6. The average molecular weight is 464 g/mol. The Hall–Kier alpha value is -3.47. The van der Waals surface area contributed by atoms with Crippen molar-refractivity contribution in [3.05, 3.63) is 35.9 Å². The van der Waals surface area contributed by atoms with Crippen LogP contribution in [0.3, 0.4) is 0 Å². The molecule has 0 fully saturated rings. The first-order valence-corrected chi connectivity index (χ1v) is 10.6. The number of hydrogen-bond acceptors (Lipinski definition) is 6. The number of carbonyl (C=O) groups is 5. The highest BCUT2D eigenvalue weighted by Gasteiger charge is 2.30. The molecule has 4 atom stereocenters. The average Bonchev–Trinajstić information content (AvgIpc) is 2.74. The van der Waals surface area contributed by atoms with E-state index in [1.54, 1.807) is 13.8 Å². The molecule has 0 aliphatic rings. The number of benzene rings is 1. The quantitative estimate of drug-likeness (QED) is 0.217. The summed E-state index contributed by atoms with van der Waals surface area (Å²) in [7, 11) is 0. The number of carboxylic acid groups (broad SMARTS) is 1. The summed E-state index contributed by atoms with van der Waals surface area (Å²) >= 11 is 0. The Morgan fingerprint density at radius 1 is 0.909 bits per heavy atom. The molecule has 0 bridgehead atoms. The Morgan fingerprint density at radius 3 is 2.03 bits per heavy atom. The van der Waals surface area contributed by atoms with Gasteiger partial charge in [-0.3, -0.25) is 19.2 Å². The fourth-order valence-electron chi connectivity index (χ4n) is 2.97. The Kier molecular flexibility index (Phi) is 11.0. The Bertz CT molecular complexity index is 845. The summed E-state index contributed by atoms with van der Waals surface area (Å²) in [6, 6.07) is 4.92. The van der Waals surface area contributed by atoms with Crippen LogP contribution in [0.25, 0.3) is 0 Å². The normalized spacial score (nSPS) is 14.5. The van der Waals surface area contributed by atoms with Gasteiger partial charge in [-0.05, 0) is 31.2 Å². The molecule has 0 saturated heterocycles. The molecule has 0 radical (unpaired) electrons. The van der Waals surface area contributed by atoms with Crippen LogP contribution in [0.5, 0.6) is 0 Å². The first-order valence-electron chi connectivity index (χ1n) is 10.6. The number of carbonyl (C=O) groups excluding carboxylic acids is 4. The topological polar surface area (TPSA) is 194 Å². The van der Waals surface area contributed by atoms with Crippen molar-refractivity contribution < 1.29 is 29.1 Å². The van der Waals surface area contributed by atoms with Crippen molar-refractivity contribution in [2.45, 2.75) is 64.2 Å². The third-order valence-corrected chi connectivity index (χ3v) is 4.93. The molecule has 11 heteroatoms. The molecule has 1 aromatic rings. The lowest BCUT2D eigenvalue weighted by atomic mass is 10.0. The molecule has 0 heterocycles. The zero-order chi connectivity index (χ0) is 25.1. The molecule has 4 unspecified atom stereocenters. The summed E-state index contributed by atoms with van der Waals surface area (Å²) in [5.41, 5.74) is 11.8. The van der Waals surface area contributed by atoms with E-state index in [0.717, 1.165) is 5.56 Å². The van der Waals surface area contributed by atoms with Crippen LogP contribution in [-0.2, 0) is 30.4 Å². The molecule has 0 aliphatic heterocycles. The van der Waals surface area contributed by atoms with E-state index in [4.69, 9.17) is 11.5 Å². The van der Waals surface area contributed by atoms with Gasteiger partial charge in [-0.25, -0.2) is 4.79 Å². The number of nitrogens with one attached hydrogen (secondary N) is 3. The van der Waals surface area contributed by atoms with Gasteiger partial charge in [0, 0.05) is 6.42 Å². The van der Waals surface area contributed by atoms with Crippen molar-refractivity contribution in [1.29, 1.82) is 0 Å². The van der Waals surface area contributed by atoms with Crippen LogP contribution in [0, 0.1) is 5.92 Å². The van der Waals surface area contributed by atoms with Gasteiger partial charge in [-0.15, -0.1) is 0 Å². The number of primary amides is 1. The molecule has 1 aromatic carbocycles. The van der Waals surface area contributed by atoms with Crippen LogP contribution in [0.1, 0.15) is 39.2 Å². The fourth-order valence-corrected chi connectivity index (χ4v) is 2.97. The zero-order valence-corrected chi connectivity index (χ0v) is 19.0. The van der Waals surface area contributed by atoms with E-state index in [9.17, 15) is 29.1 Å². The Labute approximate surface area is 192 Å². The summed E-state index contributed by atoms with van der Waals surface area (Å²) in [4.78, 5) is 59.9. The standard InChI is InChI=1S/C22H33N5O6/c1-12(2)18(21(31)26-16(22(32)33)9-10-17(24)28)27-19(29)13(3)25-20(30)15(23)11-14-7-5-4-6-8-14/h4-8,12-13,15-16,18H,9-11,23H2,1-3H3,(H2,24,28)(H,25,30)(H,26,31)(H,27,29)(H,32,33).